The van der Waals surface area contributed by atoms with Crippen molar-refractivity contribution in [1.29, 1.82) is 0 Å². The molecular formula is C11H11N5O2S. The molecule has 0 aliphatic carbocycles. The smallest absolute Gasteiger partial charge is 0.317 e. The maximum absolute atomic E-state index is 11.4. The molecule has 0 saturated carbocycles. The highest BCUT2D eigenvalue weighted by molar-refractivity contribution is 7.09. The van der Waals surface area contributed by atoms with Crippen LogP contribution in [0.3, 0.4) is 0 Å². The van der Waals surface area contributed by atoms with Gasteiger partial charge in [-0.3, -0.25) is 10.1 Å². The van der Waals surface area contributed by atoms with Gasteiger partial charge >= 0.3 is 6.03 Å². The molecule has 0 unspecified atom stereocenters. The quantitative estimate of drug-likeness (QED) is 0.777. The van der Waals surface area contributed by atoms with Crippen molar-refractivity contribution < 1.29 is 9.59 Å². The molecule has 3 amide bonds. The maximum Gasteiger partial charge on any atom is 0.317 e. The van der Waals surface area contributed by atoms with Gasteiger partial charge in [-0.2, -0.15) is 0 Å². The third-order valence-electron chi connectivity index (χ3n) is 2.27. The van der Waals surface area contributed by atoms with Gasteiger partial charge in [-0.05, 0) is 19.1 Å². The fourth-order valence-corrected chi connectivity index (χ4v) is 2.12. The van der Waals surface area contributed by atoms with Gasteiger partial charge in [-0.25, -0.2) is 14.8 Å². The van der Waals surface area contributed by atoms with Crippen molar-refractivity contribution in [2.75, 3.05) is 5.32 Å². The molecule has 2 aromatic heterocycles. The number of rotatable bonds is 3. The van der Waals surface area contributed by atoms with Gasteiger partial charge in [-0.1, -0.05) is 0 Å². The van der Waals surface area contributed by atoms with Crippen LogP contribution in [0.5, 0.6) is 0 Å². The number of carbonyl (C=O) groups is 2. The van der Waals surface area contributed by atoms with E-state index >= 15 is 0 Å². The largest absolute Gasteiger partial charge is 0.366 e. The minimum Gasteiger partial charge on any atom is -0.366 e. The molecule has 2 rings (SSSR count). The summed E-state index contributed by atoms with van der Waals surface area (Å²) in [6.07, 6.45) is 0. The van der Waals surface area contributed by atoms with Crippen molar-refractivity contribution >= 4 is 29.1 Å². The fourth-order valence-electron chi connectivity index (χ4n) is 1.52. The van der Waals surface area contributed by atoms with Gasteiger partial charge in [0.2, 0.25) is 0 Å². The molecule has 2 aromatic rings. The molecule has 0 aliphatic rings. The summed E-state index contributed by atoms with van der Waals surface area (Å²) in [5.41, 5.74) is 11.4. The average molecular weight is 277 g/mol. The van der Waals surface area contributed by atoms with E-state index in [9.17, 15) is 9.59 Å². The van der Waals surface area contributed by atoms with Crippen LogP contribution in [0, 0.1) is 6.92 Å². The average Bonchev–Trinajstić information content (AvgIpc) is 2.74. The van der Waals surface area contributed by atoms with E-state index in [0.29, 0.717) is 11.4 Å². The molecule has 0 aliphatic heterocycles. The van der Waals surface area contributed by atoms with Crippen LogP contribution in [-0.4, -0.2) is 21.9 Å². The summed E-state index contributed by atoms with van der Waals surface area (Å²) >= 11 is 1.42. The molecule has 0 saturated heterocycles. The molecule has 7 nitrogen and oxygen atoms in total. The van der Waals surface area contributed by atoms with Gasteiger partial charge in [-0.15, -0.1) is 11.3 Å². The summed E-state index contributed by atoms with van der Waals surface area (Å²) in [6, 6.07) is 2.19. The highest BCUT2D eigenvalue weighted by Crippen LogP contribution is 2.24. The van der Waals surface area contributed by atoms with Crippen LogP contribution in [0.25, 0.3) is 11.4 Å². The second kappa shape index (κ2) is 5.02. The van der Waals surface area contributed by atoms with Gasteiger partial charge in [0.25, 0.3) is 5.91 Å². The number of urea groups is 1. The summed E-state index contributed by atoms with van der Waals surface area (Å²) in [5.74, 6) is -0.378. The number of thiazole rings is 1. The Kier molecular flexibility index (Phi) is 3.43. The number of carbonyl (C=O) groups excluding carboxylic acids is 2. The van der Waals surface area contributed by atoms with E-state index in [2.05, 4.69) is 15.3 Å². The molecule has 19 heavy (non-hydrogen) atoms. The van der Waals surface area contributed by atoms with Crippen molar-refractivity contribution in [3.05, 3.63) is 28.1 Å². The Hall–Kier alpha value is -2.48. The van der Waals surface area contributed by atoms with E-state index in [1.54, 1.807) is 5.38 Å². The van der Waals surface area contributed by atoms with Crippen LogP contribution in [0.2, 0.25) is 0 Å². The first-order valence-corrected chi connectivity index (χ1v) is 6.15. The number of amides is 3. The Morgan fingerprint density at radius 3 is 2.53 bits per heavy atom. The van der Waals surface area contributed by atoms with Crippen LogP contribution in [-0.2, 0) is 0 Å². The number of primary amides is 2. The van der Waals surface area contributed by atoms with E-state index < -0.39 is 11.9 Å². The summed E-state index contributed by atoms with van der Waals surface area (Å²) in [5, 5.41) is 4.93. The lowest BCUT2D eigenvalue weighted by Gasteiger charge is -2.06. The second-order valence-corrected chi connectivity index (χ2v) is 4.76. The van der Waals surface area contributed by atoms with Gasteiger partial charge in [0.05, 0.1) is 10.6 Å². The number of aromatic nitrogens is 2. The van der Waals surface area contributed by atoms with Crippen molar-refractivity contribution in [3.63, 3.8) is 0 Å². The maximum atomic E-state index is 11.4. The Morgan fingerprint density at radius 2 is 2.00 bits per heavy atom. The van der Waals surface area contributed by atoms with E-state index in [1.807, 2.05) is 6.92 Å². The van der Waals surface area contributed by atoms with Crippen LogP contribution in [0.1, 0.15) is 15.4 Å². The molecule has 5 N–H and O–H groups in total. The molecule has 0 atom stereocenters. The molecule has 0 radical (unpaired) electrons. The molecule has 98 valence electrons. The number of pyridine rings is 1. The fraction of sp³-hybridized carbons (Fsp3) is 0.0909. The molecule has 2 heterocycles. The van der Waals surface area contributed by atoms with Crippen LogP contribution in [0.15, 0.2) is 17.5 Å². The number of nitrogens with two attached hydrogens (primary N) is 2. The normalized spacial score (nSPS) is 10.2. The van der Waals surface area contributed by atoms with Gasteiger partial charge < -0.3 is 11.5 Å². The molecule has 0 fully saturated rings. The van der Waals surface area contributed by atoms with Crippen LogP contribution in [0.4, 0.5) is 10.6 Å². The number of anilines is 1. The first-order valence-electron chi connectivity index (χ1n) is 5.27. The zero-order chi connectivity index (χ0) is 14.0. The van der Waals surface area contributed by atoms with E-state index in [4.69, 9.17) is 11.5 Å². The van der Waals surface area contributed by atoms with Crippen molar-refractivity contribution in [2.24, 2.45) is 11.5 Å². The molecule has 0 aromatic carbocycles. The summed E-state index contributed by atoms with van der Waals surface area (Å²) < 4.78 is 0. The Balaban J connectivity index is 2.53. The zero-order valence-electron chi connectivity index (χ0n) is 10.0. The zero-order valence-corrected chi connectivity index (χ0v) is 10.8. The van der Waals surface area contributed by atoms with E-state index in [1.165, 1.54) is 23.5 Å². The third-order valence-corrected chi connectivity index (χ3v) is 3.05. The Labute approximate surface area is 112 Å². The minimum atomic E-state index is -0.736. The first kappa shape index (κ1) is 13.0. The second-order valence-electron chi connectivity index (χ2n) is 3.70. The number of nitrogens with zero attached hydrogens (tertiary/aromatic N) is 2. The van der Waals surface area contributed by atoms with Gasteiger partial charge in [0, 0.05) is 5.38 Å². The third kappa shape index (κ3) is 2.86. The Morgan fingerprint density at radius 1 is 1.26 bits per heavy atom. The number of aryl methyl sites for hydroxylation is 1. The lowest BCUT2D eigenvalue weighted by atomic mass is 10.1. The van der Waals surface area contributed by atoms with Gasteiger partial charge in [0.15, 0.2) is 0 Å². The number of hydrogen-bond acceptors (Lipinski definition) is 5. The SMILES string of the molecule is Cc1nc(-c2nc(NC(N)=O)ccc2C(N)=O)cs1. The van der Waals surface area contributed by atoms with E-state index in [0.717, 1.165) is 5.01 Å². The predicted molar refractivity (Wildman–Crippen MR) is 71.8 cm³/mol. The standard InChI is InChI=1S/C11H11N5O2S/c1-5-14-7(4-19-5)9-6(10(12)17)2-3-8(15-9)16-11(13)18/h2-4H,1H3,(H2,12,17)(H3,13,15,16,18). The number of hydrogen-bond donors (Lipinski definition) is 3. The lowest BCUT2D eigenvalue weighted by molar-refractivity contribution is 0.100. The first-order chi connectivity index (χ1) is 8.97. The number of nitrogens with one attached hydrogen (secondary N) is 1. The van der Waals surface area contributed by atoms with Crippen LogP contribution >= 0.6 is 11.3 Å². The Bertz CT molecular complexity index is 652. The highest BCUT2D eigenvalue weighted by atomic mass is 32.1. The molecule has 0 bridgehead atoms. The van der Waals surface area contributed by atoms with E-state index in [-0.39, 0.29) is 11.4 Å². The van der Waals surface area contributed by atoms with Gasteiger partial charge in [0.1, 0.15) is 17.2 Å². The van der Waals surface area contributed by atoms with Crippen LogP contribution < -0.4 is 16.8 Å². The highest BCUT2D eigenvalue weighted by Gasteiger charge is 2.15. The molecule has 0 spiro atoms. The summed E-state index contributed by atoms with van der Waals surface area (Å²) in [6.45, 7) is 1.84. The summed E-state index contributed by atoms with van der Waals surface area (Å²) in [4.78, 5) is 30.6. The van der Waals surface area contributed by atoms with Crippen molar-refractivity contribution in [2.45, 2.75) is 6.92 Å². The van der Waals surface area contributed by atoms with Crippen molar-refractivity contribution in [3.8, 4) is 11.4 Å². The predicted octanol–water partition coefficient (Wildman–Crippen LogP) is 1.10. The topological polar surface area (TPSA) is 124 Å². The summed E-state index contributed by atoms with van der Waals surface area (Å²) in [7, 11) is 0. The van der Waals surface area contributed by atoms with Crippen molar-refractivity contribution in [1.82, 2.24) is 9.97 Å². The molecule has 8 heteroatoms. The lowest BCUT2D eigenvalue weighted by Crippen LogP contribution is -2.21. The minimum absolute atomic E-state index is 0.234. The monoisotopic (exact) mass is 277 g/mol. The molecular weight excluding hydrogens is 266 g/mol.